The molecule has 17 rings (SSSR count). The quantitative estimate of drug-likeness (QED) is 0.0362. The van der Waals surface area contributed by atoms with Crippen LogP contribution in [0.25, 0.3) is 0 Å². The molecule has 14 atom stereocenters. The van der Waals surface area contributed by atoms with Gasteiger partial charge in [0.05, 0.1) is 54.3 Å². The molecule has 17 saturated carbocycles. The molecule has 0 heterocycles. The van der Waals surface area contributed by atoms with Crippen molar-refractivity contribution in [2.75, 3.05) is 6.61 Å². The molecule has 0 aromatic carbocycles. The van der Waals surface area contributed by atoms with E-state index in [2.05, 4.69) is 90.0 Å². The highest BCUT2D eigenvalue weighted by molar-refractivity contribution is 5.74. The Balaban J connectivity index is -0.000000724. The lowest BCUT2D eigenvalue weighted by atomic mass is 9.47. The Morgan fingerprint density at radius 1 is 0.292 bits per heavy atom. The lowest BCUT2D eigenvalue weighted by molar-refractivity contribution is -0.238. The molecular formula is C115H226O15. The zero-order valence-electron chi connectivity index (χ0n) is 79.8. The van der Waals surface area contributed by atoms with Gasteiger partial charge in [-0.1, -0.05) is 268 Å². The highest BCUT2D eigenvalue weighted by atomic mass is 16.7. The number of carbonyl (C=O) groups excluding carboxylic acids is 6. The second-order valence-corrected chi connectivity index (χ2v) is 44.4. The average molecular weight is 1850 g/mol. The number of rotatable bonds is 31. The van der Waals surface area contributed by atoms with E-state index in [1.54, 1.807) is 0 Å². The first-order valence-corrected chi connectivity index (χ1v) is 50.1. The lowest BCUT2D eigenvalue weighted by Crippen LogP contribution is -2.62. The Morgan fingerprint density at radius 2 is 0.600 bits per heavy atom. The van der Waals surface area contributed by atoms with E-state index in [1.807, 2.05) is 76.2 Å². The summed E-state index contributed by atoms with van der Waals surface area (Å²) < 4.78 is 53.9. The van der Waals surface area contributed by atoms with Gasteiger partial charge in [-0.15, -0.1) is 0 Å². The van der Waals surface area contributed by atoms with E-state index in [4.69, 9.17) is 42.6 Å². The van der Waals surface area contributed by atoms with Gasteiger partial charge in [-0.3, -0.25) is 28.8 Å². The van der Waals surface area contributed by atoms with E-state index in [0.717, 1.165) is 136 Å². The number of ether oxygens (including phenoxy) is 9. The smallest absolute Gasteiger partial charge is 0.310 e. The number of carbonyl (C=O) groups is 6. The van der Waals surface area contributed by atoms with Crippen LogP contribution in [0.4, 0.5) is 0 Å². The van der Waals surface area contributed by atoms with Gasteiger partial charge in [0.1, 0.15) is 16.8 Å². The molecule has 17 fully saturated rings. The zero-order chi connectivity index (χ0) is 86.5. The van der Waals surface area contributed by atoms with Gasteiger partial charge in [0.25, 0.3) is 0 Å². The second-order valence-electron chi connectivity index (χ2n) is 44.4. The number of hydrogen-bond donors (Lipinski definition) is 0. The third kappa shape index (κ3) is 33.2. The second kappa shape index (κ2) is 59.9. The molecule has 776 valence electrons. The van der Waals surface area contributed by atoms with Crippen molar-refractivity contribution < 1.29 is 71.4 Å². The minimum absolute atomic E-state index is 0. The first-order valence-electron chi connectivity index (χ1n) is 50.1. The molecule has 0 spiro atoms. The molecule has 17 aliphatic carbocycles. The molecule has 14 bridgehead atoms. The summed E-state index contributed by atoms with van der Waals surface area (Å²) in [6.07, 6.45) is 43.5. The molecule has 0 aromatic rings. The Bertz CT molecular complexity index is 3010. The van der Waals surface area contributed by atoms with Gasteiger partial charge in [0.2, 0.25) is 18.9 Å². The summed E-state index contributed by atoms with van der Waals surface area (Å²) in [5.74, 6) is 14.4. The first kappa shape index (κ1) is 133. The van der Waals surface area contributed by atoms with Crippen LogP contribution in [-0.2, 0) is 71.4 Å². The van der Waals surface area contributed by atoms with Crippen molar-refractivity contribution in [3.8, 4) is 0 Å². The average Bonchev–Trinajstić information content (AvgIpc) is 1.04. The van der Waals surface area contributed by atoms with Crippen LogP contribution in [0, 0.1) is 165 Å². The first-order chi connectivity index (χ1) is 55.9. The van der Waals surface area contributed by atoms with Crippen LogP contribution in [0.1, 0.15) is 486 Å². The predicted octanol–water partition coefficient (Wildman–Crippen LogP) is 33.1. The van der Waals surface area contributed by atoms with E-state index in [-0.39, 0.29) is 214 Å². The standard InChI is InChI=1S/C20H34O3.2C19H32O3.C18H30O2.C14H26O2.C13H24O2.12CH4/c1-5-14(4)18(21)23-19(13(2)3)22-12-20-9-15-6-16(10-20)8-17(7-15)11-20;1-5-12(4)18(20)22-19(11(2)3)21-17-15-7-13-6-14(9-15)10-16(17)8-13;1-5-12(4)18(20)22-19(11(2)3)21-17-10-13-9-16(17)15-8-6-7-14(13)15;1-5-12(4)17(19)20-18(11(2)3)15-7-13-6-14(9-15)10-16(18)8-13;1-5-12(4)13(15)16-14(11(2)3)9-7-6-8-10-14;1-5-11(4)12(14)15-13(10(2)3)8-6-7-9-13;;;;;;;;;;;;/h13-17,19H,5-12H2,1-4H3;2*11-17,19H,5-10H2,1-4H3;11-16H,5-10H2,1-4H3;11-12H,5-10H2,1-4H3;10-11H,5-9H2,1-4H3;12*1H4. The molecule has 0 aromatic heterocycles. The molecule has 0 aliphatic heterocycles. The topological polar surface area (TPSA) is 185 Å². The third-order valence-electron chi connectivity index (χ3n) is 33.7. The molecule has 0 radical (unpaired) electrons. The van der Waals surface area contributed by atoms with Crippen LogP contribution in [0.15, 0.2) is 0 Å². The molecule has 17 aliphatic rings. The van der Waals surface area contributed by atoms with Crippen molar-refractivity contribution in [2.45, 2.75) is 534 Å². The Kier molecular flexibility index (Phi) is 61.2. The van der Waals surface area contributed by atoms with E-state index in [9.17, 15) is 28.8 Å². The normalized spacial score (nSPS) is 31.8. The molecule has 0 saturated heterocycles. The summed E-state index contributed by atoms with van der Waals surface area (Å²) in [5, 5.41) is 0. The highest BCUT2D eigenvalue weighted by Gasteiger charge is 2.62. The minimum Gasteiger partial charge on any atom is -0.459 e. The Labute approximate surface area is 808 Å². The van der Waals surface area contributed by atoms with E-state index >= 15 is 0 Å². The zero-order valence-corrected chi connectivity index (χ0v) is 79.8. The van der Waals surface area contributed by atoms with Crippen molar-refractivity contribution in [3.63, 3.8) is 0 Å². The monoisotopic (exact) mass is 1850 g/mol. The number of esters is 6. The van der Waals surface area contributed by atoms with Gasteiger partial charge in [-0.2, -0.15) is 0 Å². The molecular weight excluding hydrogens is 1620 g/mol. The molecule has 0 N–H and O–H groups in total. The Morgan fingerprint density at radius 3 is 0.938 bits per heavy atom. The molecule has 15 heteroatoms. The van der Waals surface area contributed by atoms with Gasteiger partial charge in [0, 0.05) is 17.8 Å². The molecule has 15 nitrogen and oxygen atoms in total. The van der Waals surface area contributed by atoms with Gasteiger partial charge < -0.3 is 42.6 Å². The third-order valence-corrected chi connectivity index (χ3v) is 33.7. The maximum Gasteiger partial charge on any atom is 0.310 e. The summed E-state index contributed by atoms with van der Waals surface area (Å²) in [4.78, 5) is 72.5. The van der Waals surface area contributed by atoms with Gasteiger partial charge in [-0.05, 0) is 330 Å². The summed E-state index contributed by atoms with van der Waals surface area (Å²) >= 11 is 0. The van der Waals surface area contributed by atoms with E-state index in [1.165, 1.54) is 167 Å². The van der Waals surface area contributed by atoms with Crippen LogP contribution < -0.4 is 0 Å². The number of fused-ring (bicyclic) bond motifs is 5. The molecule has 130 heavy (non-hydrogen) atoms. The van der Waals surface area contributed by atoms with E-state index < -0.39 is 0 Å². The summed E-state index contributed by atoms with van der Waals surface area (Å²) in [7, 11) is 0. The van der Waals surface area contributed by atoms with Crippen molar-refractivity contribution in [3.05, 3.63) is 0 Å². The fourth-order valence-corrected chi connectivity index (χ4v) is 25.8. The van der Waals surface area contributed by atoms with Crippen molar-refractivity contribution in [2.24, 2.45) is 165 Å². The lowest BCUT2D eigenvalue weighted by Gasteiger charge is -2.62. The predicted molar refractivity (Wildman–Crippen MR) is 552 cm³/mol. The summed E-state index contributed by atoms with van der Waals surface area (Å²) in [6.45, 7) is 50.4. The summed E-state index contributed by atoms with van der Waals surface area (Å²) in [6, 6.07) is 0. The minimum atomic E-state index is -0.385. The van der Waals surface area contributed by atoms with Gasteiger partial charge >= 0.3 is 35.8 Å². The fourth-order valence-electron chi connectivity index (χ4n) is 25.8. The maximum atomic E-state index is 12.5. The van der Waals surface area contributed by atoms with Crippen LogP contribution >= 0.6 is 0 Å². The molecule has 0 amide bonds. The SMILES string of the molecule is C.C.C.C.C.C.C.C.C.C.C.C.CCC(C)C(=O)OC(OC1C2CC3CC(C2)CC1C3)C(C)C.CCC(C)C(=O)OC(OC1CC2CC1C1CCCC21)C(C)C.CCC(C)C(=O)OC(OCC12CC3CC(CC(C3)C1)C2)C(C)C.CCC(C)C(=O)OC1(C(C)C)C2CC3CC(C2)CC1C3.CCC(C)C(=O)OC1(C(C)C)CCCC1.CCC(C)C(=O)OC1(C(C)C)CCCCC1. The maximum absolute atomic E-state index is 12.5. The number of hydrogen-bond acceptors (Lipinski definition) is 15. The van der Waals surface area contributed by atoms with Crippen LogP contribution in [0.2, 0.25) is 0 Å². The highest BCUT2D eigenvalue weighted by Crippen LogP contribution is 2.64. The van der Waals surface area contributed by atoms with Crippen LogP contribution in [0.5, 0.6) is 0 Å². The van der Waals surface area contributed by atoms with E-state index in [0.29, 0.717) is 59.0 Å². The molecule has 14 unspecified atom stereocenters. The van der Waals surface area contributed by atoms with Crippen LogP contribution in [0.3, 0.4) is 0 Å². The van der Waals surface area contributed by atoms with Crippen molar-refractivity contribution >= 4 is 35.8 Å². The van der Waals surface area contributed by atoms with Gasteiger partial charge in [-0.25, -0.2) is 0 Å². The van der Waals surface area contributed by atoms with Crippen molar-refractivity contribution in [1.29, 1.82) is 0 Å². The fraction of sp³-hybridized carbons (Fsp3) is 0.948. The Hall–Kier alpha value is -3.30. The largest absolute Gasteiger partial charge is 0.459 e. The summed E-state index contributed by atoms with van der Waals surface area (Å²) in [5.41, 5.74) is -0.0854. The van der Waals surface area contributed by atoms with Crippen LogP contribution in [-0.4, -0.2) is 90.3 Å². The van der Waals surface area contributed by atoms with Gasteiger partial charge in [0.15, 0.2) is 0 Å². The van der Waals surface area contributed by atoms with Crippen molar-refractivity contribution in [1.82, 2.24) is 0 Å².